The normalized spacial score (nSPS) is 12.4. The topological polar surface area (TPSA) is 112 Å². The van der Waals surface area contributed by atoms with Crippen LogP contribution in [0.5, 0.6) is 11.5 Å². The number of aromatic nitrogens is 1. The first-order valence-electron chi connectivity index (χ1n) is 9.57. The van der Waals surface area contributed by atoms with Crippen LogP contribution in [-0.4, -0.2) is 43.6 Å². The number of hydrogen-bond donors (Lipinski definition) is 1. The van der Waals surface area contributed by atoms with Gasteiger partial charge in [-0.2, -0.15) is 5.26 Å². The highest BCUT2D eigenvalue weighted by Gasteiger charge is 2.17. The average Bonchev–Trinajstić information content (AvgIpc) is 3.32. The summed E-state index contributed by atoms with van der Waals surface area (Å²) in [5.41, 5.74) is 2.89. The molecule has 1 aliphatic heterocycles. The largest absolute Gasteiger partial charge is 0.454 e. The number of hydrogen-bond acceptors (Lipinski definition) is 7. The molecule has 2 heterocycles. The van der Waals surface area contributed by atoms with Gasteiger partial charge in [0.2, 0.25) is 6.79 Å². The minimum Gasteiger partial charge on any atom is -0.454 e. The summed E-state index contributed by atoms with van der Waals surface area (Å²) < 4.78 is 22.6. The van der Waals surface area contributed by atoms with E-state index in [9.17, 15) is 14.9 Å². The molecule has 0 aliphatic carbocycles. The van der Waals surface area contributed by atoms with Crippen LogP contribution >= 0.6 is 0 Å². The van der Waals surface area contributed by atoms with Crippen molar-refractivity contribution in [2.24, 2.45) is 0 Å². The van der Waals surface area contributed by atoms with E-state index in [0.717, 1.165) is 17.0 Å². The number of ether oxygens (including phenoxy) is 4. The monoisotopic (exact) mass is 425 g/mol. The van der Waals surface area contributed by atoms with Crippen LogP contribution in [-0.2, 0) is 25.6 Å². The molecule has 0 radical (unpaired) electrons. The second-order valence-electron chi connectivity index (χ2n) is 6.83. The van der Waals surface area contributed by atoms with Crippen molar-refractivity contribution in [3.8, 4) is 17.6 Å². The van der Waals surface area contributed by atoms with Crippen molar-refractivity contribution in [3.05, 3.63) is 46.8 Å². The highest BCUT2D eigenvalue weighted by molar-refractivity contribution is 6.00. The lowest BCUT2D eigenvalue weighted by atomic mass is 10.1. The number of esters is 1. The van der Waals surface area contributed by atoms with E-state index in [-0.39, 0.29) is 12.4 Å². The molecule has 0 atom stereocenters. The van der Waals surface area contributed by atoms with E-state index < -0.39 is 18.5 Å². The zero-order chi connectivity index (χ0) is 22.4. The Labute approximate surface area is 179 Å². The van der Waals surface area contributed by atoms with Gasteiger partial charge in [0.1, 0.15) is 11.6 Å². The van der Waals surface area contributed by atoms with Crippen molar-refractivity contribution in [2.75, 3.05) is 32.4 Å². The Kier molecular flexibility index (Phi) is 6.95. The average molecular weight is 425 g/mol. The van der Waals surface area contributed by atoms with E-state index in [2.05, 4.69) is 5.32 Å². The van der Waals surface area contributed by atoms with Gasteiger partial charge >= 0.3 is 5.97 Å². The van der Waals surface area contributed by atoms with Gasteiger partial charge in [-0.3, -0.25) is 4.79 Å². The van der Waals surface area contributed by atoms with Crippen molar-refractivity contribution < 1.29 is 28.5 Å². The van der Waals surface area contributed by atoms with Crippen LogP contribution in [0.25, 0.3) is 6.08 Å². The maximum atomic E-state index is 12.3. The molecule has 31 heavy (non-hydrogen) atoms. The molecule has 0 unspecified atom stereocenters. The maximum Gasteiger partial charge on any atom is 0.349 e. The summed E-state index contributed by atoms with van der Waals surface area (Å²) in [5.74, 6) is -0.297. The van der Waals surface area contributed by atoms with Gasteiger partial charge in [-0.15, -0.1) is 0 Å². The highest BCUT2D eigenvalue weighted by Crippen LogP contribution is 2.34. The molecule has 0 spiro atoms. The summed E-state index contributed by atoms with van der Waals surface area (Å²) in [6.07, 6.45) is 1.46. The van der Waals surface area contributed by atoms with Gasteiger partial charge in [0.15, 0.2) is 18.1 Å². The molecule has 1 aromatic heterocycles. The van der Waals surface area contributed by atoms with Crippen LogP contribution < -0.4 is 14.8 Å². The molecule has 1 aliphatic rings. The standard InChI is InChI=1S/C22H23N3O6/c1-14-8-16(15(2)25(14)6-7-28-3)9-17(11-23)22(27)29-12-21(26)24-18-4-5-19-20(10-18)31-13-30-19/h4-5,8-10H,6-7,12-13H2,1-3H3,(H,24,26)/b17-9+. The molecule has 0 saturated carbocycles. The molecule has 2 aromatic rings. The predicted octanol–water partition coefficient (Wildman–Crippen LogP) is 2.57. The third kappa shape index (κ3) is 5.24. The van der Waals surface area contributed by atoms with Gasteiger partial charge < -0.3 is 28.8 Å². The maximum absolute atomic E-state index is 12.3. The molecule has 1 aromatic carbocycles. The summed E-state index contributed by atoms with van der Waals surface area (Å²) in [6, 6.07) is 8.65. The second-order valence-corrected chi connectivity index (χ2v) is 6.83. The zero-order valence-corrected chi connectivity index (χ0v) is 17.6. The lowest BCUT2D eigenvalue weighted by molar-refractivity contribution is -0.142. The quantitative estimate of drug-likeness (QED) is 0.393. The van der Waals surface area contributed by atoms with Gasteiger partial charge in [0.25, 0.3) is 5.91 Å². The van der Waals surface area contributed by atoms with Gasteiger partial charge in [-0.25, -0.2) is 4.79 Å². The van der Waals surface area contributed by atoms with Crippen LogP contribution in [0.1, 0.15) is 17.0 Å². The van der Waals surface area contributed by atoms with Crippen LogP contribution in [0.4, 0.5) is 5.69 Å². The first-order chi connectivity index (χ1) is 14.9. The van der Waals surface area contributed by atoms with Gasteiger partial charge in [0, 0.05) is 36.8 Å². The van der Waals surface area contributed by atoms with Crippen molar-refractivity contribution in [2.45, 2.75) is 20.4 Å². The number of nitriles is 1. The summed E-state index contributed by atoms with van der Waals surface area (Å²) >= 11 is 0. The Morgan fingerprint density at radius 3 is 2.77 bits per heavy atom. The van der Waals surface area contributed by atoms with Crippen molar-refractivity contribution in [1.82, 2.24) is 4.57 Å². The predicted molar refractivity (Wildman–Crippen MR) is 112 cm³/mol. The summed E-state index contributed by atoms with van der Waals surface area (Å²) in [6.45, 7) is 4.64. The first kappa shape index (κ1) is 21.9. The van der Waals surface area contributed by atoms with Crippen LogP contribution in [0.15, 0.2) is 29.8 Å². The molecular weight excluding hydrogens is 402 g/mol. The molecular formula is C22H23N3O6. The summed E-state index contributed by atoms with van der Waals surface area (Å²) in [7, 11) is 1.63. The smallest absolute Gasteiger partial charge is 0.349 e. The highest BCUT2D eigenvalue weighted by atomic mass is 16.7. The fourth-order valence-electron chi connectivity index (χ4n) is 3.17. The SMILES string of the molecule is COCCn1c(C)cc(/C=C(\C#N)C(=O)OCC(=O)Nc2ccc3c(c2)OCO3)c1C. The van der Waals surface area contributed by atoms with Crippen LogP contribution in [0.2, 0.25) is 0 Å². The number of nitrogens with one attached hydrogen (secondary N) is 1. The summed E-state index contributed by atoms with van der Waals surface area (Å²) in [4.78, 5) is 24.4. The number of benzene rings is 1. The molecule has 1 N–H and O–H groups in total. The van der Waals surface area contributed by atoms with Crippen molar-refractivity contribution >= 4 is 23.6 Å². The van der Waals surface area contributed by atoms with E-state index in [4.69, 9.17) is 18.9 Å². The fraction of sp³-hybridized carbons (Fsp3) is 0.318. The van der Waals surface area contributed by atoms with Crippen LogP contribution in [0.3, 0.4) is 0 Å². The summed E-state index contributed by atoms with van der Waals surface area (Å²) in [5, 5.41) is 12.0. The lowest BCUT2D eigenvalue weighted by Crippen LogP contribution is -2.21. The van der Waals surface area contributed by atoms with E-state index in [1.807, 2.05) is 30.6 Å². The van der Waals surface area contributed by atoms with Gasteiger partial charge in [-0.1, -0.05) is 0 Å². The molecule has 1 amide bonds. The minimum atomic E-state index is -0.870. The van der Waals surface area contributed by atoms with E-state index in [1.165, 1.54) is 6.08 Å². The van der Waals surface area contributed by atoms with Gasteiger partial charge in [-0.05, 0) is 43.7 Å². The second kappa shape index (κ2) is 9.82. The third-order valence-corrected chi connectivity index (χ3v) is 4.76. The number of carbonyl (C=O) groups excluding carboxylic acids is 2. The molecule has 0 saturated heterocycles. The molecule has 9 nitrogen and oxygen atoms in total. The Bertz CT molecular complexity index is 1060. The van der Waals surface area contributed by atoms with E-state index in [1.54, 1.807) is 25.3 Å². The van der Waals surface area contributed by atoms with E-state index >= 15 is 0 Å². The van der Waals surface area contributed by atoms with Gasteiger partial charge in [0.05, 0.1) is 6.61 Å². The number of carbonyl (C=O) groups is 2. The Balaban J connectivity index is 1.61. The molecule has 3 rings (SSSR count). The van der Waals surface area contributed by atoms with E-state index in [0.29, 0.717) is 30.3 Å². The minimum absolute atomic E-state index is 0.127. The number of methoxy groups -OCH3 is 1. The molecule has 9 heteroatoms. The number of aryl methyl sites for hydroxylation is 1. The number of anilines is 1. The fourth-order valence-corrected chi connectivity index (χ4v) is 3.17. The Morgan fingerprint density at radius 1 is 1.26 bits per heavy atom. The Morgan fingerprint density at radius 2 is 2.03 bits per heavy atom. The molecule has 0 bridgehead atoms. The Hall–Kier alpha value is -3.77. The molecule has 0 fully saturated rings. The number of amides is 1. The lowest BCUT2D eigenvalue weighted by Gasteiger charge is -2.08. The number of nitrogens with zero attached hydrogens (tertiary/aromatic N) is 2. The molecule has 162 valence electrons. The first-order valence-corrected chi connectivity index (χ1v) is 9.57. The number of fused-ring (bicyclic) bond motifs is 1. The van der Waals surface area contributed by atoms with Crippen molar-refractivity contribution in [3.63, 3.8) is 0 Å². The number of rotatable bonds is 8. The third-order valence-electron chi connectivity index (χ3n) is 4.76. The van der Waals surface area contributed by atoms with Crippen molar-refractivity contribution in [1.29, 1.82) is 5.26 Å². The zero-order valence-electron chi connectivity index (χ0n) is 17.6. The van der Waals surface area contributed by atoms with Crippen LogP contribution in [0, 0.1) is 25.2 Å².